The average molecular weight is 248 g/mol. The minimum absolute atomic E-state index is 0.249. The summed E-state index contributed by atoms with van der Waals surface area (Å²) >= 11 is 3.24. The zero-order chi connectivity index (χ0) is 9.84. The molecule has 2 nitrogen and oxygen atoms in total. The summed E-state index contributed by atoms with van der Waals surface area (Å²) in [6.07, 6.45) is 3.62. The highest BCUT2D eigenvalue weighted by atomic mass is 79.9. The van der Waals surface area contributed by atoms with Crippen LogP contribution in [0.15, 0.2) is 0 Å². The third kappa shape index (κ3) is 2.70. The third-order valence-corrected chi connectivity index (χ3v) is 3.23. The molecule has 0 bridgehead atoms. The van der Waals surface area contributed by atoms with Crippen LogP contribution in [0, 0.1) is 5.92 Å². The van der Waals surface area contributed by atoms with Gasteiger partial charge in [-0.1, -0.05) is 29.8 Å². The Labute approximate surface area is 88.8 Å². The van der Waals surface area contributed by atoms with E-state index in [2.05, 4.69) is 29.8 Å². The summed E-state index contributed by atoms with van der Waals surface area (Å²) in [4.78, 5) is 13.6. The number of amides is 1. The van der Waals surface area contributed by atoms with Crippen LogP contribution in [0.2, 0.25) is 0 Å². The van der Waals surface area contributed by atoms with Crippen molar-refractivity contribution in [1.29, 1.82) is 0 Å². The quantitative estimate of drug-likeness (QED) is 0.687. The second kappa shape index (κ2) is 4.99. The van der Waals surface area contributed by atoms with Crippen molar-refractivity contribution in [3.05, 3.63) is 0 Å². The van der Waals surface area contributed by atoms with Crippen LogP contribution in [0.1, 0.15) is 33.1 Å². The molecule has 0 aromatic heterocycles. The monoisotopic (exact) mass is 247 g/mol. The van der Waals surface area contributed by atoms with E-state index in [1.807, 2.05) is 4.90 Å². The molecule has 1 atom stereocenters. The highest BCUT2D eigenvalue weighted by Gasteiger charge is 2.27. The summed E-state index contributed by atoms with van der Waals surface area (Å²) in [5.74, 6) is 0.835. The highest BCUT2D eigenvalue weighted by Crippen LogP contribution is 2.23. The number of hydrogen-bond donors (Lipinski definition) is 0. The normalized spacial score (nSPS) is 23.7. The molecular formula is C10H18BrNO. The molecule has 0 N–H and O–H groups in total. The Kier molecular flexibility index (Phi) is 4.23. The molecule has 1 heterocycles. The molecular weight excluding hydrogens is 230 g/mol. The van der Waals surface area contributed by atoms with E-state index in [0.717, 1.165) is 6.54 Å². The van der Waals surface area contributed by atoms with E-state index in [1.54, 1.807) is 0 Å². The molecule has 76 valence electrons. The van der Waals surface area contributed by atoms with Crippen molar-refractivity contribution in [2.24, 2.45) is 5.92 Å². The van der Waals surface area contributed by atoms with Crippen molar-refractivity contribution in [3.63, 3.8) is 0 Å². The van der Waals surface area contributed by atoms with E-state index in [0.29, 0.717) is 17.3 Å². The van der Waals surface area contributed by atoms with Gasteiger partial charge < -0.3 is 4.90 Å². The molecule has 1 fully saturated rings. The number of hydrogen-bond acceptors (Lipinski definition) is 1. The Hall–Kier alpha value is -0.0500. The topological polar surface area (TPSA) is 20.3 Å². The van der Waals surface area contributed by atoms with E-state index >= 15 is 0 Å². The zero-order valence-corrected chi connectivity index (χ0v) is 10.0. The highest BCUT2D eigenvalue weighted by molar-refractivity contribution is 9.09. The minimum Gasteiger partial charge on any atom is -0.339 e. The molecule has 1 aliphatic rings. The fraction of sp³-hybridized carbons (Fsp3) is 0.900. The second-order valence-electron chi connectivity index (χ2n) is 4.03. The Bertz CT molecular complexity index is 182. The maximum absolute atomic E-state index is 11.6. The van der Waals surface area contributed by atoms with Crippen molar-refractivity contribution < 1.29 is 4.79 Å². The molecule has 3 heteroatoms. The van der Waals surface area contributed by atoms with Crippen LogP contribution in [-0.4, -0.2) is 28.7 Å². The first kappa shape index (κ1) is 11.0. The average Bonchev–Trinajstić information content (AvgIpc) is 2.16. The number of alkyl halides is 1. The third-order valence-electron chi connectivity index (χ3n) is 2.75. The SMILES string of the molecule is CC(C)C1CCCCN1C(=O)CBr. The molecule has 13 heavy (non-hydrogen) atoms. The fourth-order valence-electron chi connectivity index (χ4n) is 2.04. The van der Waals surface area contributed by atoms with Gasteiger partial charge >= 0.3 is 0 Å². The summed E-state index contributed by atoms with van der Waals surface area (Å²) in [7, 11) is 0. The lowest BCUT2D eigenvalue weighted by atomic mass is 9.93. The molecule has 1 saturated heterocycles. The summed E-state index contributed by atoms with van der Waals surface area (Å²) < 4.78 is 0. The van der Waals surface area contributed by atoms with Gasteiger partial charge in [0.2, 0.25) is 5.91 Å². The first-order valence-electron chi connectivity index (χ1n) is 5.02. The van der Waals surface area contributed by atoms with Gasteiger partial charge in [0.1, 0.15) is 0 Å². The number of likely N-dealkylation sites (tertiary alicyclic amines) is 1. The minimum atomic E-state index is 0.249. The lowest BCUT2D eigenvalue weighted by Crippen LogP contribution is -2.46. The van der Waals surface area contributed by atoms with Gasteiger partial charge in [0.15, 0.2) is 0 Å². The predicted molar refractivity (Wildman–Crippen MR) is 58.0 cm³/mol. The summed E-state index contributed by atoms with van der Waals surface area (Å²) in [6, 6.07) is 0.471. The number of nitrogens with zero attached hydrogens (tertiary/aromatic N) is 1. The first-order valence-corrected chi connectivity index (χ1v) is 6.14. The van der Waals surface area contributed by atoms with Crippen LogP contribution in [-0.2, 0) is 4.79 Å². The van der Waals surface area contributed by atoms with Gasteiger partial charge in [-0.05, 0) is 25.2 Å². The summed E-state index contributed by atoms with van der Waals surface area (Å²) in [6.45, 7) is 5.35. The molecule has 0 aliphatic carbocycles. The number of piperidine rings is 1. The van der Waals surface area contributed by atoms with Crippen molar-refractivity contribution in [2.45, 2.75) is 39.2 Å². The van der Waals surface area contributed by atoms with E-state index in [4.69, 9.17) is 0 Å². The number of rotatable bonds is 2. The van der Waals surface area contributed by atoms with Crippen LogP contribution in [0.25, 0.3) is 0 Å². The van der Waals surface area contributed by atoms with Crippen molar-refractivity contribution in [3.8, 4) is 0 Å². The van der Waals surface area contributed by atoms with E-state index in [-0.39, 0.29) is 5.91 Å². The van der Waals surface area contributed by atoms with Gasteiger partial charge in [0.05, 0.1) is 5.33 Å². The summed E-state index contributed by atoms with van der Waals surface area (Å²) in [5, 5.41) is 0.468. The molecule has 0 aromatic carbocycles. The maximum Gasteiger partial charge on any atom is 0.233 e. The van der Waals surface area contributed by atoms with Crippen LogP contribution in [0.4, 0.5) is 0 Å². The largest absolute Gasteiger partial charge is 0.339 e. The molecule has 0 saturated carbocycles. The number of halogens is 1. The Morgan fingerprint density at radius 3 is 2.77 bits per heavy atom. The predicted octanol–water partition coefficient (Wildman–Crippen LogP) is 2.42. The molecule has 1 unspecified atom stereocenters. The molecule has 0 radical (unpaired) electrons. The smallest absolute Gasteiger partial charge is 0.233 e. The molecule has 0 aromatic rings. The lowest BCUT2D eigenvalue weighted by Gasteiger charge is -2.38. The van der Waals surface area contributed by atoms with Gasteiger partial charge in [0, 0.05) is 12.6 Å². The van der Waals surface area contributed by atoms with Gasteiger partial charge in [-0.2, -0.15) is 0 Å². The Balaban J connectivity index is 2.61. The van der Waals surface area contributed by atoms with Crippen LogP contribution in [0.5, 0.6) is 0 Å². The van der Waals surface area contributed by atoms with Gasteiger partial charge in [-0.15, -0.1) is 0 Å². The van der Waals surface area contributed by atoms with Gasteiger partial charge in [-0.3, -0.25) is 4.79 Å². The second-order valence-corrected chi connectivity index (χ2v) is 4.59. The first-order chi connectivity index (χ1) is 6.16. The van der Waals surface area contributed by atoms with E-state index in [1.165, 1.54) is 19.3 Å². The van der Waals surface area contributed by atoms with Crippen molar-refractivity contribution in [2.75, 3.05) is 11.9 Å². The Morgan fingerprint density at radius 2 is 2.23 bits per heavy atom. The maximum atomic E-state index is 11.6. The van der Waals surface area contributed by atoms with E-state index < -0.39 is 0 Å². The van der Waals surface area contributed by atoms with E-state index in [9.17, 15) is 4.79 Å². The Morgan fingerprint density at radius 1 is 1.54 bits per heavy atom. The standard InChI is InChI=1S/C10H18BrNO/c1-8(2)9-5-3-4-6-12(9)10(13)7-11/h8-9H,3-7H2,1-2H3. The lowest BCUT2D eigenvalue weighted by molar-refractivity contribution is -0.132. The molecule has 0 spiro atoms. The zero-order valence-electron chi connectivity index (χ0n) is 8.42. The summed E-state index contributed by atoms with van der Waals surface area (Å²) in [5.41, 5.74) is 0. The molecule has 1 aliphatic heterocycles. The van der Waals surface area contributed by atoms with Crippen LogP contribution >= 0.6 is 15.9 Å². The van der Waals surface area contributed by atoms with Crippen LogP contribution in [0.3, 0.4) is 0 Å². The van der Waals surface area contributed by atoms with Crippen molar-refractivity contribution in [1.82, 2.24) is 4.90 Å². The number of carbonyl (C=O) groups is 1. The fourth-order valence-corrected chi connectivity index (χ4v) is 2.36. The molecule has 1 rings (SSSR count). The van der Waals surface area contributed by atoms with Crippen LogP contribution < -0.4 is 0 Å². The number of carbonyl (C=O) groups excluding carboxylic acids is 1. The molecule has 1 amide bonds. The van der Waals surface area contributed by atoms with Crippen molar-refractivity contribution >= 4 is 21.8 Å². The van der Waals surface area contributed by atoms with Gasteiger partial charge in [-0.25, -0.2) is 0 Å². The van der Waals surface area contributed by atoms with Gasteiger partial charge in [0.25, 0.3) is 0 Å².